The van der Waals surface area contributed by atoms with Gasteiger partial charge in [0.05, 0.1) is 5.56 Å². The lowest BCUT2D eigenvalue weighted by Gasteiger charge is -2.41. The Labute approximate surface area is 139 Å². The summed E-state index contributed by atoms with van der Waals surface area (Å²) < 4.78 is 39.3. The molecular formula is C19H21F3N2. The van der Waals surface area contributed by atoms with Gasteiger partial charge in [0, 0.05) is 23.7 Å². The maximum atomic E-state index is 13.1. The molecule has 1 fully saturated rings. The van der Waals surface area contributed by atoms with Gasteiger partial charge in [0.2, 0.25) is 0 Å². The van der Waals surface area contributed by atoms with Crippen LogP contribution >= 0.6 is 0 Å². The third-order valence-electron chi connectivity index (χ3n) is 5.69. The number of allylic oxidation sites excluding steroid dienone is 3. The zero-order chi connectivity index (χ0) is 16.9. The Hall–Kier alpha value is -1.75. The van der Waals surface area contributed by atoms with Gasteiger partial charge in [-0.1, -0.05) is 24.3 Å². The number of nitrogens with one attached hydrogen (secondary N) is 1. The van der Waals surface area contributed by atoms with E-state index in [1.54, 1.807) is 6.07 Å². The Bertz CT molecular complexity index is 692. The van der Waals surface area contributed by atoms with Crippen LogP contribution in [0.25, 0.3) is 0 Å². The van der Waals surface area contributed by atoms with Crippen molar-refractivity contribution in [3.05, 3.63) is 53.6 Å². The number of hydrogen-bond acceptors (Lipinski definition) is 2. The Balaban J connectivity index is 1.72. The van der Waals surface area contributed by atoms with E-state index in [-0.39, 0.29) is 23.9 Å². The Morgan fingerprint density at radius 3 is 2.67 bits per heavy atom. The van der Waals surface area contributed by atoms with E-state index in [9.17, 15) is 13.2 Å². The van der Waals surface area contributed by atoms with Gasteiger partial charge in [-0.15, -0.1) is 0 Å². The van der Waals surface area contributed by atoms with Crippen molar-refractivity contribution in [2.75, 3.05) is 5.32 Å². The molecule has 128 valence electrons. The molecule has 1 aromatic carbocycles. The van der Waals surface area contributed by atoms with Crippen molar-refractivity contribution in [3.63, 3.8) is 0 Å². The molecule has 0 radical (unpaired) electrons. The molecule has 3 N–H and O–H groups in total. The Morgan fingerprint density at radius 2 is 1.96 bits per heavy atom. The second-order valence-corrected chi connectivity index (χ2v) is 7.18. The van der Waals surface area contributed by atoms with Crippen LogP contribution in [0.1, 0.15) is 36.3 Å². The zero-order valence-electron chi connectivity index (χ0n) is 13.3. The van der Waals surface area contributed by atoms with Gasteiger partial charge in [0.15, 0.2) is 0 Å². The molecule has 2 nitrogen and oxygen atoms in total. The SMILES string of the molecule is N[C@@H]1C[C@@H]2[C@H](C1)c1cc(C(F)(F)F)ccc1N[C@H]2C1C=CC=CC1. The quantitative estimate of drug-likeness (QED) is 0.796. The summed E-state index contributed by atoms with van der Waals surface area (Å²) in [4.78, 5) is 0. The van der Waals surface area contributed by atoms with Gasteiger partial charge >= 0.3 is 6.18 Å². The van der Waals surface area contributed by atoms with Crippen LogP contribution in [0.3, 0.4) is 0 Å². The molecule has 1 aliphatic heterocycles. The number of halogens is 3. The molecule has 2 aliphatic carbocycles. The molecular weight excluding hydrogens is 313 g/mol. The largest absolute Gasteiger partial charge is 0.416 e. The second-order valence-electron chi connectivity index (χ2n) is 7.18. The number of benzene rings is 1. The molecule has 0 bridgehead atoms. The van der Waals surface area contributed by atoms with Crippen LogP contribution < -0.4 is 11.1 Å². The first-order valence-electron chi connectivity index (χ1n) is 8.50. The first kappa shape index (κ1) is 15.8. The molecule has 0 saturated heterocycles. The second kappa shape index (κ2) is 5.66. The summed E-state index contributed by atoms with van der Waals surface area (Å²) in [6.07, 6.45) is 6.74. The van der Waals surface area contributed by atoms with Crippen LogP contribution in [-0.2, 0) is 6.18 Å². The average molecular weight is 334 g/mol. The van der Waals surface area contributed by atoms with Crippen LogP contribution in [0.15, 0.2) is 42.5 Å². The van der Waals surface area contributed by atoms with E-state index in [0.717, 1.165) is 30.5 Å². The number of anilines is 1. The highest BCUT2D eigenvalue weighted by Gasteiger charge is 2.45. The predicted octanol–water partition coefficient (Wildman–Crippen LogP) is 4.45. The number of alkyl halides is 3. The van der Waals surface area contributed by atoms with Crippen LogP contribution in [0.2, 0.25) is 0 Å². The van der Waals surface area contributed by atoms with Gasteiger partial charge in [0.1, 0.15) is 0 Å². The highest BCUT2D eigenvalue weighted by Crippen LogP contribution is 2.50. The monoisotopic (exact) mass is 334 g/mol. The van der Waals surface area contributed by atoms with Crippen LogP contribution in [-0.4, -0.2) is 12.1 Å². The molecule has 1 heterocycles. The van der Waals surface area contributed by atoms with Gasteiger partial charge in [-0.05, 0) is 54.9 Å². The fourth-order valence-corrected chi connectivity index (χ4v) is 4.62. The molecule has 0 aromatic heterocycles. The fourth-order valence-electron chi connectivity index (χ4n) is 4.62. The number of nitrogens with two attached hydrogens (primary N) is 1. The smallest absolute Gasteiger partial charge is 0.381 e. The third kappa shape index (κ3) is 2.65. The molecule has 5 heteroatoms. The fraction of sp³-hybridized carbons (Fsp3) is 0.474. The lowest BCUT2D eigenvalue weighted by atomic mass is 9.73. The standard InChI is InChI=1S/C19H21F3N2/c20-19(21,22)12-6-7-17-15(8-12)14-9-13(23)10-16(14)18(24-17)11-4-2-1-3-5-11/h1-4,6-8,11,13-14,16,18,24H,5,9-10,23H2/t11?,13-,14+,16+,18-/m0/s1. The molecule has 5 atom stereocenters. The molecule has 0 amide bonds. The van der Waals surface area contributed by atoms with E-state index in [2.05, 4.69) is 23.5 Å². The molecule has 1 saturated carbocycles. The normalized spacial score (nSPS) is 34.6. The van der Waals surface area contributed by atoms with Crippen molar-refractivity contribution < 1.29 is 13.2 Å². The minimum atomic E-state index is -4.31. The number of rotatable bonds is 1. The Kier molecular flexibility index (Phi) is 3.71. The molecule has 24 heavy (non-hydrogen) atoms. The summed E-state index contributed by atoms with van der Waals surface area (Å²) in [5.41, 5.74) is 7.24. The van der Waals surface area contributed by atoms with Gasteiger partial charge < -0.3 is 11.1 Å². The Morgan fingerprint density at radius 1 is 1.12 bits per heavy atom. The van der Waals surface area contributed by atoms with E-state index < -0.39 is 11.7 Å². The third-order valence-corrected chi connectivity index (χ3v) is 5.69. The van der Waals surface area contributed by atoms with Crippen molar-refractivity contribution in [1.29, 1.82) is 0 Å². The van der Waals surface area contributed by atoms with E-state index in [1.807, 2.05) is 6.08 Å². The summed E-state index contributed by atoms with van der Waals surface area (Å²) in [7, 11) is 0. The van der Waals surface area contributed by atoms with E-state index in [1.165, 1.54) is 12.1 Å². The van der Waals surface area contributed by atoms with Crippen molar-refractivity contribution in [2.24, 2.45) is 17.6 Å². The lowest BCUT2D eigenvalue weighted by Crippen LogP contribution is -2.41. The lowest BCUT2D eigenvalue weighted by molar-refractivity contribution is -0.137. The number of hydrogen-bond donors (Lipinski definition) is 2. The van der Waals surface area contributed by atoms with Crippen molar-refractivity contribution in [2.45, 2.75) is 43.4 Å². The van der Waals surface area contributed by atoms with Crippen molar-refractivity contribution in [3.8, 4) is 0 Å². The highest BCUT2D eigenvalue weighted by atomic mass is 19.4. The van der Waals surface area contributed by atoms with Gasteiger partial charge in [-0.2, -0.15) is 13.2 Å². The molecule has 1 unspecified atom stereocenters. The van der Waals surface area contributed by atoms with Crippen molar-refractivity contribution >= 4 is 5.69 Å². The van der Waals surface area contributed by atoms with E-state index in [0.29, 0.717) is 5.92 Å². The average Bonchev–Trinajstić information content (AvgIpc) is 2.95. The molecule has 4 rings (SSSR count). The topological polar surface area (TPSA) is 38.0 Å². The molecule has 1 aromatic rings. The summed E-state index contributed by atoms with van der Waals surface area (Å²) >= 11 is 0. The van der Waals surface area contributed by atoms with Crippen LogP contribution in [0.5, 0.6) is 0 Å². The van der Waals surface area contributed by atoms with Crippen LogP contribution in [0.4, 0.5) is 18.9 Å². The van der Waals surface area contributed by atoms with Gasteiger partial charge in [0.25, 0.3) is 0 Å². The van der Waals surface area contributed by atoms with E-state index >= 15 is 0 Å². The van der Waals surface area contributed by atoms with Gasteiger partial charge in [-0.25, -0.2) is 0 Å². The number of fused-ring (bicyclic) bond motifs is 3. The summed E-state index contributed by atoms with van der Waals surface area (Å²) in [5.74, 6) is 0.767. The predicted molar refractivity (Wildman–Crippen MR) is 88.7 cm³/mol. The summed E-state index contributed by atoms with van der Waals surface area (Å²) in [6.45, 7) is 0. The molecule has 0 spiro atoms. The first-order valence-corrected chi connectivity index (χ1v) is 8.50. The summed E-state index contributed by atoms with van der Waals surface area (Å²) in [6, 6.07) is 4.38. The minimum Gasteiger partial charge on any atom is -0.381 e. The first-order chi connectivity index (χ1) is 11.4. The van der Waals surface area contributed by atoms with Crippen molar-refractivity contribution in [1.82, 2.24) is 0 Å². The highest BCUT2D eigenvalue weighted by molar-refractivity contribution is 5.59. The van der Waals surface area contributed by atoms with Gasteiger partial charge in [-0.3, -0.25) is 0 Å². The van der Waals surface area contributed by atoms with E-state index in [4.69, 9.17) is 5.73 Å². The summed E-state index contributed by atoms with van der Waals surface area (Å²) in [5, 5.41) is 3.53. The maximum absolute atomic E-state index is 13.1. The zero-order valence-corrected chi connectivity index (χ0v) is 13.3. The van der Waals surface area contributed by atoms with Crippen LogP contribution in [0, 0.1) is 11.8 Å². The molecule has 3 aliphatic rings. The minimum absolute atomic E-state index is 0.0629. The maximum Gasteiger partial charge on any atom is 0.416 e.